The SMILES string of the molecule is COC(=O)N1CCNCC1C(N)=O. The predicted molar refractivity (Wildman–Crippen MR) is 45.0 cm³/mol. The van der Waals surface area contributed by atoms with E-state index < -0.39 is 18.0 Å². The highest BCUT2D eigenvalue weighted by Gasteiger charge is 2.30. The third kappa shape index (κ3) is 2.09. The smallest absolute Gasteiger partial charge is 0.410 e. The van der Waals surface area contributed by atoms with Gasteiger partial charge in [0.25, 0.3) is 0 Å². The molecule has 13 heavy (non-hydrogen) atoms. The van der Waals surface area contributed by atoms with Crippen molar-refractivity contribution in [3.8, 4) is 0 Å². The van der Waals surface area contributed by atoms with E-state index in [1.54, 1.807) is 0 Å². The summed E-state index contributed by atoms with van der Waals surface area (Å²) >= 11 is 0. The largest absolute Gasteiger partial charge is 0.453 e. The van der Waals surface area contributed by atoms with Crippen molar-refractivity contribution in [2.45, 2.75) is 6.04 Å². The van der Waals surface area contributed by atoms with Crippen LogP contribution in [0.25, 0.3) is 0 Å². The van der Waals surface area contributed by atoms with Gasteiger partial charge in [-0.2, -0.15) is 0 Å². The molecule has 2 amide bonds. The molecule has 1 unspecified atom stereocenters. The molecule has 1 saturated heterocycles. The molecule has 1 aliphatic heterocycles. The topological polar surface area (TPSA) is 84.7 Å². The first-order chi connectivity index (χ1) is 6.16. The molecule has 0 aromatic heterocycles. The van der Waals surface area contributed by atoms with Crippen LogP contribution < -0.4 is 11.1 Å². The molecule has 1 fully saturated rings. The Morgan fingerprint density at radius 2 is 2.31 bits per heavy atom. The van der Waals surface area contributed by atoms with E-state index in [0.717, 1.165) is 0 Å². The first-order valence-electron chi connectivity index (χ1n) is 4.01. The normalized spacial score (nSPS) is 22.5. The van der Waals surface area contributed by atoms with E-state index in [1.807, 2.05) is 0 Å². The fraction of sp³-hybridized carbons (Fsp3) is 0.714. The summed E-state index contributed by atoms with van der Waals surface area (Å²) in [6, 6.07) is -0.596. The van der Waals surface area contributed by atoms with Crippen LogP contribution in [0, 0.1) is 0 Å². The van der Waals surface area contributed by atoms with Crippen molar-refractivity contribution in [2.75, 3.05) is 26.7 Å². The summed E-state index contributed by atoms with van der Waals surface area (Å²) in [4.78, 5) is 23.4. The van der Waals surface area contributed by atoms with Gasteiger partial charge >= 0.3 is 6.09 Å². The Hall–Kier alpha value is -1.30. The number of nitrogens with zero attached hydrogens (tertiary/aromatic N) is 1. The number of nitrogens with one attached hydrogen (secondary N) is 1. The van der Waals surface area contributed by atoms with Gasteiger partial charge in [-0.3, -0.25) is 9.69 Å². The number of ether oxygens (including phenoxy) is 1. The molecule has 0 spiro atoms. The van der Waals surface area contributed by atoms with Crippen LogP contribution in [-0.2, 0) is 9.53 Å². The second-order valence-corrected chi connectivity index (χ2v) is 2.79. The zero-order chi connectivity index (χ0) is 9.84. The lowest BCUT2D eigenvalue weighted by molar-refractivity contribution is -0.123. The third-order valence-electron chi connectivity index (χ3n) is 1.98. The number of piperazine rings is 1. The van der Waals surface area contributed by atoms with Crippen LogP contribution in [0.2, 0.25) is 0 Å². The molecule has 0 bridgehead atoms. The first-order valence-corrected chi connectivity index (χ1v) is 4.01. The molecular weight excluding hydrogens is 174 g/mol. The summed E-state index contributed by atoms with van der Waals surface area (Å²) in [5.41, 5.74) is 5.12. The minimum absolute atomic E-state index is 0.393. The van der Waals surface area contributed by atoms with Crippen molar-refractivity contribution < 1.29 is 14.3 Å². The van der Waals surface area contributed by atoms with E-state index >= 15 is 0 Å². The molecule has 1 rings (SSSR count). The maximum absolute atomic E-state index is 11.1. The Morgan fingerprint density at radius 3 is 2.85 bits per heavy atom. The number of primary amides is 1. The van der Waals surface area contributed by atoms with Crippen LogP contribution in [0.3, 0.4) is 0 Å². The lowest BCUT2D eigenvalue weighted by atomic mass is 10.2. The van der Waals surface area contributed by atoms with E-state index in [0.29, 0.717) is 19.6 Å². The zero-order valence-corrected chi connectivity index (χ0v) is 7.45. The minimum Gasteiger partial charge on any atom is -0.453 e. The minimum atomic E-state index is -0.596. The average molecular weight is 187 g/mol. The van der Waals surface area contributed by atoms with Gasteiger partial charge < -0.3 is 15.8 Å². The molecule has 0 saturated carbocycles. The number of hydrogen-bond donors (Lipinski definition) is 2. The van der Waals surface area contributed by atoms with Crippen molar-refractivity contribution in [3.63, 3.8) is 0 Å². The fourth-order valence-electron chi connectivity index (χ4n) is 1.29. The van der Waals surface area contributed by atoms with Gasteiger partial charge in [-0.1, -0.05) is 0 Å². The summed E-state index contributed by atoms with van der Waals surface area (Å²) in [6.45, 7) is 1.49. The number of rotatable bonds is 1. The molecule has 6 nitrogen and oxygen atoms in total. The maximum atomic E-state index is 11.1. The molecule has 0 aromatic carbocycles. The van der Waals surface area contributed by atoms with Crippen molar-refractivity contribution in [2.24, 2.45) is 5.73 Å². The lowest BCUT2D eigenvalue weighted by Crippen LogP contribution is -2.58. The summed E-state index contributed by atoms with van der Waals surface area (Å²) in [7, 11) is 1.28. The fourth-order valence-corrected chi connectivity index (χ4v) is 1.29. The maximum Gasteiger partial charge on any atom is 0.410 e. The summed E-state index contributed by atoms with van der Waals surface area (Å²) in [5, 5.41) is 2.97. The van der Waals surface area contributed by atoms with Crippen LogP contribution >= 0.6 is 0 Å². The second kappa shape index (κ2) is 4.08. The monoisotopic (exact) mass is 187 g/mol. The van der Waals surface area contributed by atoms with Crippen LogP contribution in [-0.4, -0.2) is 49.7 Å². The van der Waals surface area contributed by atoms with Gasteiger partial charge in [0.2, 0.25) is 5.91 Å². The second-order valence-electron chi connectivity index (χ2n) is 2.79. The first kappa shape index (κ1) is 9.79. The van der Waals surface area contributed by atoms with Crippen LogP contribution in [0.5, 0.6) is 0 Å². The van der Waals surface area contributed by atoms with Gasteiger partial charge in [-0.05, 0) is 0 Å². The van der Waals surface area contributed by atoms with Crippen molar-refractivity contribution in [3.05, 3.63) is 0 Å². The van der Waals surface area contributed by atoms with Crippen LogP contribution in [0.4, 0.5) is 4.79 Å². The van der Waals surface area contributed by atoms with Crippen molar-refractivity contribution in [1.82, 2.24) is 10.2 Å². The molecule has 0 aliphatic carbocycles. The molecule has 1 heterocycles. The van der Waals surface area contributed by atoms with Gasteiger partial charge in [0.1, 0.15) is 6.04 Å². The van der Waals surface area contributed by atoms with E-state index in [4.69, 9.17) is 5.73 Å². The molecule has 1 atom stereocenters. The Labute approximate surface area is 76.0 Å². The Kier molecular flexibility index (Phi) is 3.07. The Balaban J connectivity index is 2.67. The Bertz CT molecular complexity index is 219. The number of carbonyl (C=O) groups is 2. The van der Waals surface area contributed by atoms with Gasteiger partial charge in [-0.15, -0.1) is 0 Å². The van der Waals surface area contributed by atoms with Crippen LogP contribution in [0.1, 0.15) is 0 Å². The van der Waals surface area contributed by atoms with E-state index in [2.05, 4.69) is 10.1 Å². The van der Waals surface area contributed by atoms with Crippen molar-refractivity contribution >= 4 is 12.0 Å². The number of carbonyl (C=O) groups excluding carboxylic acids is 2. The van der Waals surface area contributed by atoms with E-state index in [9.17, 15) is 9.59 Å². The van der Waals surface area contributed by atoms with Gasteiger partial charge in [0.15, 0.2) is 0 Å². The average Bonchev–Trinajstić information content (AvgIpc) is 2.16. The van der Waals surface area contributed by atoms with E-state index in [1.165, 1.54) is 12.0 Å². The molecular formula is C7H13N3O3. The van der Waals surface area contributed by atoms with Gasteiger partial charge in [-0.25, -0.2) is 4.79 Å². The predicted octanol–water partition coefficient (Wildman–Crippen LogP) is -1.49. The summed E-state index contributed by atoms with van der Waals surface area (Å²) in [6.07, 6.45) is -0.509. The standard InChI is InChI=1S/C7H13N3O3/c1-13-7(12)10-3-2-9-4-5(10)6(8)11/h5,9H,2-4H2,1H3,(H2,8,11). The van der Waals surface area contributed by atoms with Crippen LogP contribution in [0.15, 0.2) is 0 Å². The number of hydrogen-bond acceptors (Lipinski definition) is 4. The zero-order valence-electron chi connectivity index (χ0n) is 7.45. The quantitative estimate of drug-likeness (QED) is 0.524. The number of amides is 2. The van der Waals surface area contributed by atoms with E-state index in [-0.39, 0.29) is 0 Å². The lowest BCUT2D eigenvalue weighted by Gasteiger charge is -2.32. The molecule has 1 aliphatic rings. The summed E-state index contributed by atoms with van der Waals surface area (Å²) in [5.74, 6) is -0.516. The molecule has 74 valence electrons. The molecule has 6 heteroatoms. The highest BCUT2D eigenvalue weighted by Crippen LogP contribution is 2.04. The van der Waals surface area contributed by atoms with Gasteiger partial charge in [0.05, 0.1) is 7.11 Å². The third-order valence-corrected chi connectivity index (χ3v) is 1.98. The highest BCUT2D eigenvalue weighted by atomic mass is 16.5. The molecule has 0 radical (unpaired) electrons. The number of nitrogens with two attached hydrogens (primary N) is 1. The highest BCUT2D eigenvalue weighted by molar-refractivity contribution is 5.84. The number of methoxy groups -OCH3 is 1. The summed E-state index contributed by atoms with van der Waals surface area (Å²) < 4.78 is 4.52. The molecule has 3 N–H and O–H groups in total. The van der Waals surface area contributed by atoms with Gasteiger partial charge in [0, 0.05) is 19.6 Å². The Morgan fingerprint density at radius 1 is 1.62 bits per heavy atom. The van der Waals surface area contributed by atoms with Crippen molar-refractivity contribution in [1.29, 1.82) is 0 Å². The molecule has 0 aromatic rings.